The molecule has 0 aromatic carbocycles. The van der Waals surface area contributed by atoms with E-state index in [4.69, 9.17) is 0 Å². The van der Waals surface area contributed by atoms with E-state index in [2.05, 4.69) is 20.8 Å². The predicted octanol–water partition coefficient (Wildman–Crippen LogP) is 4.14. The Labute approximate surface area is 183 Å². The zero-order valence-electron chi connectivity index (χ0n) is 19.8. The zero-order chi connectivity index (χ0) is 22.1. The van der Waals surface area contributed by atoms with Crippen LogP contribution in [0.1, 0.15) is 92.4 Å². The minimum atomic E-state index is -0.641. The van der Waals surface area contributed by atoms with Crippen molar-refractivity contribution in [3.63, 3.8) is 0 Å². The van der Waals surface area contributed by atoms with E-state index in [1.54, 1.807) is 0 Å². The highest BCUT2D eigenvalue weighted by Gasteiger charge is 2.65. The molecule has 0 spiro atoms. The minimum absolute atomic E-state index is 0.135. The van der Waals surface area contributed by atoms with Gasteiger partial charge in [0.15, 0.2) is 0 Å². The van der Waals surface area contributed by atoms with Gasteiger partial charge >= 0.3 is 0 Å². The van der Waals surface area contributed by atoms with Crippen molar-refractivity contribution in [2.75, 3.05) is 0 Å². The molecule has 0 radical (unpaired) electrons. The third kappa shape index (κ3) is 3.58. The molecule has 0 aliphatic heterocycles. The lowest BCUT2D eigenvalue weighted by Crippen LogP contribution is -2.62. The quantitative estimate of drug-likeness (QED) is 0.549. The summed E-state index contributed by atoms with van der Waals surface area (Å²) in [6, 6.07) is 0. The summed E-state index contributed by atoms with van der Waals surface area (Å²) in [5.41, 5.74) is -0.646. The average molecular weight is 423 g/mol. The van der Waals surface area contributed by atoms with Gasteiger partial charge in [-0.15, -0.1) is 0 Å². The largest absolute Gasteiger partial charge is 0.393 e. The van der Waals surface area contributed by atoms with Crippen molar-refractivity contribution in [3.8, 4) is 0 Å². The summed E-state index contributed by atoms with van der Waals surface area (Å²) >= 11 is 0. The fourth-order valence-electron chi connectivity index (χ4n) is 8.91. The van der Waals surface area contributed by atoms with Crippen LogP contribution in [0.2, 0.25) is 0 Å². The van der Waals surface area contributed by atoms with Crippen molar-refractivity contribution in [1.29, 1.82) is 0 Å². The second kappa shape index (κ2) is 7.71. The van der Waals surface area contributed by atoms with Gasteiger partial charge in [-0.3, -0.25) is 0 Å². The Balaban J connectivity index is 1.59. The van der Waals surface area contributed by atoms with Crippen LogP contribution >= 0.6 is 0 Å². The molecule has 0 aromatic heterocycles. The SMILES string of the molecule is C[C@@H](CCC(C)(C)O)[C@H]1CC[C@H]2[C@@H]3[C@H](O)C[C@H]4C[C@@H](O)CC[C@]4(C)[C@H]3C[C@@H](O)[C@]12C. The lowest BCUT2D eigenvalue weighted by Gasteiger charge is -2.63. The average Bonchev–Trinajstić information content (AvgIpc) is 3.00. The molecule has 0 heterocycles. The molecule has 0 unspecified atom stereocenters. The van der Waals surface area contributed by atoms with E-state index in [1.807, 2.05) is 13.8 Å². The summed E-state index contributed by atoms with van der Waals surface area (Å²) in [7, 11) is 0. The number of hydrogen-bond donors (Lipinski definition) is 4. The number of aliphatic hydroxyl groups excluding tert-OH is 3. The standard InChI is InChI=1S/C26H46O4/c1-15(8-10-24(2,3)30)18-6-7-19-23-20(14-22(29)26(18,19)5)25(4)11-9-17(27)12-16(25)13-21(23)28/h15-23,27-30H,6-14H2,1-5H3/t15-,16+,17-,18+,19-,20-,21+,22+,23-,25-,26+/m0/s1. The lowest BCUT2D eigenvalue weighted by atomic mass is 9.43. The van der Waals surface area contributed by atoms with Gasteiger partial charge in [-0.2, -0.15) is 0 Å². The predicted molar refractivity (Wildman–Crippen MR) is 119 cm³/mol. The number of hydrogen-bond acceptors (Lipinski definition) is 4. The van der Waals surface area contributed by atoms with Crippen molar-refractivity contribution in [3.05, 3.63) is 0 Å². The molecule has 4 saturated carbocycles. The van der Waals surface area contributed by atoms with Gasteiger partial charge in [0.25, 0.3) is 0 Å². The van der Waals surface area contributed by atoms with Crippen LogP contribution in [0.4, 0.5) is 0 Å². The molecule has 4 aliphatic carbocycles. The third-order valence-corrected chi connectivity index (χ3v) is 10.7. The molecule has 4 rings (SSSR count). The molecule has 0 bridgehead atoms. The minimum Gasteiger partial charge on any atom is -0.393 e. The van der Waals surface area contributed by atoms with Gasteiger partial charge in [0.2, 0.25) is 0 Å². The molecule has 174 valence electrons. The van der Waals surface area contributed by atoms with Crippen LogP contribution in [-0.4, -0.2) is 44.3 Å². The number of fused-ring (bicyclic) bond motifs is 5. The summed E-state index contributed by atoms with van der Waals surface area (Å²) < 4.78 is 0. The molecule has 4 N–H and O–H groups in total. The van der Waals surface area contributed by atoms with Crippen LogP contribution in [-0.2, 0) is 0 Å². The maximum Gasteiger partial charge on any atom is 0.0602 e. The molecule has 4 nitrogen and oxygen atoms in total. The first-order valence-electron chi connectivity index (χ1n) is 12.6. The second-order valence-electron chi connectivity index (χ2n) is 12.9. The van der Waals surface area contributed by atoms with Gasteiger partial charge in [0, 0.05) is 0 Å². The van der Waals surface area contributed by atoms with Crippen LogP contribution in [0, 0.1) is 46.3 Å². The molecule has 0 amide bonds. The van der Waals surface area contributed by atoms with E-state index in [0.717, 1.165) is 57.8 Å². The summed E-state index contributed by atoms with van der Waals surface area (Å²) in [5, 5.41) is 43.4. The highest BCUT2D eigenvalue weighted by Crippen LogP contribution is 2.68. The van der Waals surface area contributed by atoms with Crippen molar-refractivity contribution in [1.82, 2.24) is 0 Å². The van der Waals surface area contributed by atoms with Crippen LogP contribution < -0.4 is 0 Å². The first-order chi connectivity index (χ1) is 13.9. The fraction of sp³-hybridized carbons (Fsp3) is 1.00. The molecule has 4 aliphatic rings. The van der Waals surface area contributed by atoms with Crippen LogP contribution in [0.5, 0.6) is 0 Å². The van der Waals surface area contributed by atoms with Gasteiger partial charge in [0.05, 0.1) is 23.9 Å². The molecule has 4 fully saturated rings. The number of rotatable bonds is 4. The monoisotopic (exact) mass is 422 g/mol. The fourth-order valence-corrected chi connectivity index (χ4v) is 8.91. The molecular formula is C26H46O4. The number of aliphatic hydroxyl groups is 4. The topological polar surface area (TPSA) is 80.9 Å². The van der Waals surface area contributed by atoms with Crippen molar-refractivity contribution in [2.24, 2.45) is 46.3 Å². The first kappa shape index (κ1) is 23.0. The Bertz CT molecular complexity index is 629. The van der Waals surface area contributed by atoms with Gasteiger partial charge < -0.3 is 20.4 Å². The molecule has 0 aromatic rings. The van der Waals surface area contributed by atoms with Gasteiger partial charge in [-0.25, -0.2) is 0 Å². The van der Waals surface area contributed by atoms with Crippen molar-refractivity contribution >= 4 is 0 Å². The Kier molecular flexibility index (Phi) is 5.92. The van der Waals surface area contributed by atoms with Crippen LogP contribution in [0.25, 0.3) is 0 Å². The second-order valence-corrected chi connectivity index (χ2v) is 12.9. The molecule has 30 heavy (non-hydrogen) atoms. The van der Waals surface area contributed by atoms with Crippen molar-refractivity contribution in [2.45, 2.75) is 116 Å². The van der Waals surface area contributed by atoms with Crippen molar-refractivity contribution < 1.29 is 20.4 Å². The van der Waals surface area contributed by atoms with Gasteiger partial charge in [0.1, 0.15) is 0 Å². The Morgan fingerprint density at radius 1 is 0.967 bits per heavy atom. The Hall–Kier alpha value is -0.160. The molecule has 0 saturated heterocycles. The smallest absolute Gasteiger partial charge is 0.0602 e. The summed E-state index contributed by atoms with van der Waals surface area (Å²) in [4.78, 5) is 0. The third-order valence-electron chi connectivity index (χ3n) is 10.7. The first-order valence-corrected chi connectivity index (χ1v) is 12.6. The van der Waals surface area contributed by atoms with E-state index >= 15 is 0 Å². The molecule has 11 atom stereocenters. The van der Waals surface area contributed by atoms with Crippen LogP contribution in [0.3, 0.4) is 0 Å². The van der Waals surface area contributed by atoms with E-state index in [9.17, 15) is 20.4 Å². The van der Waals surface area contributed by atoms with Gasteiger partial charge in [-0.1, -0.05) is 20.8 Å². The van der Waals surface area contributed by atoms with E-state index in [-0.39, 0.29) is 35.1 Å². The summed E-state index contributed by atoms with van der Waals surface area (Å²) in [5.74, 6) is 2.30. The van der Waals surface area contributed by atoms with E-state index in [0.29, 0.717) is 29.6 Å². The molecular weight excluding hydrogens is 376 g/mol. The Morgan fingerprint density at radius 3 is 2.33 bits per heavy atom. The molecule has 4 heteroatoms. The normalized spacial score (nSPS) is 52.3. The summed E-state index contributed by atoms with van der Waals surface area (Å²) in [6.07, 6.45) is 7.46. The highest BCUT2D eigenvalue weighted by molar-refractivity contribution is 5.14. The maximum absolute atomic E-state index is 11.6. The maximum atomic E-state index is 11.6. The van der Waals surface area contributed by atoms with Gasteiger partial charge in [-0.05, 0) is 118 Å². The lowest BCUT2D eigenvalue weighted by molar-refractivity contribution is -0.207. The Morgan fingerprint density at radius 2 is 1.67 bits per heavy atom. The zero-order valence-corrected chi connectivity index (χ0v) is 19.8. The van der Waals surface area contributed by atoms with Crippen LogP contribution in [0.15, 0.2) is 0 Å². The van der Waals surface area contributed by atoms with E-state index < -0.39 is 5.60 Å². The van der Waals surface area contributed by atoms with E-state index in [1.165, 1.54) is 0 Å². The highest BCUT2D eigenvalue weighted by atomic mass is 16.3. The summed E-state index contributed by atoms with van der Waals surface area (Å²) in [6.45, 7) is 10.8.